The molecule has 0 aliphatic carbocycles. The van der Waals surface area contributed by atoms with Crippen molar-refractivity contribution >= 4 is 26.1 Å². The summed E-state index contributed by atoms with van der Waals surface area (Å²) in [5, 5.41) is 23.5. The van der Waals surface area contributed by atoms with Gasteiger partial charge in [0.15, 0.2) is 29.3 Å². The number of carbonyl (C=O) groups is 1. The molecule has 0 saturated carbocycles. The molecule has 4 unspecified atom stereocenters. The SMILES string of the molecule is CC(C)(CCCC#N)CN(CC(O)[C@H](Cc1ccccc1)NC(=O)OC1COC2OCCC12)S(=O)(=O)c1ccc2c(c1)OCO2.CC(C)CN(CC(C)(C)CCCCN)S(=O)(=O)c1ccc2c(c1)OCO2. The minimum absolute atomic E-state index is 0.00245. The number of alkyl carbamates (subject to hydrolysis) is 1. The molecular formula is C51H73N5O13S2. The number of hydrogen-bond acceptors (Lipinski definition) is 15. The van der Waals surface area contributed by atoms with Crippen LogP contribution in [-0.4, -0.2) is 121 Å². The Morgan fingerprint density at radius 3 is 1.94 bits per heavy atom. The van der Waals surface area contributed by atoms with Crippen LogP contribution in [0.1, 0.15) is 92.1 Å². The van der Waals surface area contributed by atoms with Gasteiger partial charge < -0.3 is 49.3 Å². The number of amides is 1. The first-order valence-electron chi connectivity index (χ1n) is 24.5. The predicted octanol–water partition coefficient (Wildman–Crippen LogP) is 6.80. The number of aliphatic hydroxyl groups excluding tert-OH is 1. The topological polar surface area (TPSA) is 239 Å². The van der Waals surface area contributed by atoms with Crippen LogP contribution in [0.5, 0.6) is 23.0 Å². The summed E-state index contributed by atoms with van der Waals surface area (Å²) >= 11 is 0. The average Bonchev–Trinajstić information content (AvgIpc) is 4.15. The van der Waals surface area contributed by atoms with Crippen LogP contribution < -0.4 is 30.0 Å². The fourth-order valence-electron chi connectivity index (χ4n) is 9.14. The lowest BCUT2D eigenvalue weighted by atomic mass is 9.87. The van der Waals surface area contributed by atoms with E-state index in [9.17, 15) is 26.7 Å². The molecule has 3 aromatic carbocycles. The number of nitrogens with zero attached hydrogens (tertiary/aromatic N) is 3. The van der Waals surface area contributed by atoms with E-state index in [1.165, 1.54) is 16.4 Å². The van der Waals surface area contributed by atoms with Crippen LogP contribution in [0, 0.1) is 34.0 Å². The predicted molar refractivity (Wildman–Crippen MR) is 265 cm³/mol. The summed E-state index contributed by atoms with van der Waals surface area (Å²) in [6.07, 6.45) is 2.50. The molecule has 4 aliphatic heterocycles. The lowest BCUT2D eigenvalue weighted by molar-refractivity contribution is -0.0907. The number of ether oxygens (including phenoxy) is 7. The highest BCUT2D eigenvalue weighted by atomic mass is 32.2. The van der Waals surface area contributed by atoms with E-state index in [0.717, 1.165) is 31.2 Å². The Morgan fingerprint density at radius 1 is 0.817 bits per heavy atom. The molecule has 0 spiro atoms. The molecule has 2 saturated heterocycles. The molecule has 0 radical (unpaired) electrons. The molecule has 18 nitrogen and oxygen atoms in total. The Balaban J connectivity index is 0.000000270. The summed E-state index contributed by atoms with van der Waals surface area (Å²) in [5.74, 6) is 2.02. The second-order valence-electron chi connectivity index (χ2n) is 20.6. The van der Waals surface area contributed by atoms with Gasteiger partial charge >= 0.3 is 6.09 Å². The zero-order chi connectivity index (χ0) is 51.4. The van der Waals surface area contributed by atoms with E-state index in [4.69, 9.17) is 44.2 Å². The number of aliphatic hydroxyl groups is 1. The van der Waals surface area contributed by atoms with E-state index in [0.29, 0.717) is 68.5 Å². The van der Waals surface area contributed by atoms with Gasteiger partial charge in [0.25, 0.3) is 0 Å². The second kappa shape index (κ2) is 24.8. The number of unbranched alkanes of at least 4 members (excludes halogenated alkanes) is 2. The Morgan fingerprint density at radius 2 is 1.38 bits per heavy atom. The summed E-state index contributed by atoms with van der Waals surface area (Å²) in [4.78, 5) is 13.4. The molecule has 0 bridgehead atoms. The fraction of sp³-hybridized carbons (Fsp3) is 0.608. The van der Waals surface area contributed by atoms with Gasteiger partial charge in [-0.2, -0.15) is 13.9 Å². The maximum Gasteiger partial charge on any atom is 0.407 e. The zero-order valence-electron chi connectivity index (χ0n) is 41.9. The van der Waals surface area contributed by atoms with Crippen LogP contribution in [0.2, 0.25) is 0 Å². The molecule has 0 aromatic heterocycles. The first-order chi connectivity index (χ1) is 33.7. The van der Waals surface area contributed by atoms with Gasteiger partial charge in [0.05, 0.1) is 47.1 Å². The van der Waals surface area contributed by atoms with E-state index in [-0.39, 0.29) is 73.0 Å². The smallest absolute Gasteiger partial charge is 0.407 e. The second-order valence-corrected chi connectivity index (χ2v) is 24.5. The molecular weight excluding hydrogens is 955 g/mol. The lowest BCUT2D eigenvalue weighted by Crippen LogP contribution is -2.52. The average molecular weight is 1030 g/mol. The molecule has 20 heteroatoms. The summed E-state index contributed by atoms with van der Waals surface area (Å²) in [6, 6.07) is 19.8. The molecule has 1 amide bonds. The molecule has 7 rings (SSSR count). The van der Waals surface area contributed by atoms with Crippen molar-refractivity contribution < 1.29 is 59.9 Å². The minimum Gasteiger partial charge on any atom is -0.454 e. The molecule has 2 fully saturated rings. The van der Waals surface area contributed by atoms with Gasteiger partial charge in [-0.25, -0.2) is 21.6 Å². The standard InChI is InChI=1S/C32H41N3O9S.C19H32N2O4S/c1-32(2,13-6-7-14-33)20-35(45(38,39)23-10-11-27-28(17-23)43-21-42-27)18-26(36)25(16-22-8-4-3-5-9-22)34-31(37)44-29-19-41-30-24(29)12-15-40-30;1-15(2)12-21(13-19(3,4)9-5-6-10-20)26(22,23)16-7-8-17-18(11-16)25-14-24-17/h3-5,8-11,17,24-26,29-30,36H,6-7,12-13,15-16,18-21H2,1-2H3,(H,34,37);7-8,11,15H,5-6,9-10,12-14,20H2,1-4H3/t24?,25-,26?,29?,30?;/m0./s1. The third-order valence-corrected chi connectivity index (χ3v) is 16.5. The van der Waals surface area contributed by atoms with Crippen LogP contribution in [0.25, 0.3) is 0 Å². The third-order valence-electron chi connectivity index (χ3n) is 12.9. The van der Waals surface area contributed by atoms with Crippen LogP contribution >= 0.6 is 0 Å². The Hall–Kier alpha value is -4.72. The van der Waals surface area contributed by atoms with Crippen molar-refractivity contribution in [2.75, 3.05) is 59.5 Å². The normalized spacial score (nSPS) is 19.3. The Bertz CT molecular complexity index is 2490. The minimum atomic E-state index is -4.15. The molecule has 4 heterocycles. The van der Waals surface area contributed by atoms with E-state index in [1.54, 1.807) is 28.6 Å². The van der Waals surface area contributed by atoms with Gasteiger partial charge in [0.1, 0.15) is 6.10 Å². The quantitative estimate of drug-likeness (QED) is 0.0782. The lowest BCUT2D eigenvalue weighted by Gasteiger charge is -2.35. The monoisotopic (exact) mass is 1030 g/mol. The van der Waals surface area contributed by atoms with E-state index >= 15 is 0 Å². The van der Waals surface area contributed by atoms with Crippen molar-refractivity contribution in [1.29, 1.82) is 5.26 Å². The number of fused-ring (bicyclic) bond motifs is 3. The van der Waals surface area contributed by atoms with E-state index in [2.05, 4.69) is 25.2 Å². The van der Waals surface area contributed by atoms with Crippen LogP contribution in [0.3, 0.4) is 0 Å². The molecule has 4 aliphatic rings. The first kappa shape index (κ1) is 55.6. The van der Waals surface area contributed by atoms with Crippen molar-refractivity contribution in [2.45, 2.75) is 127 Å². The maximum atomic E-state index is 14.1. The zero-order valence-corrected chi connectivity index (χ0v) is 43.6. The van der Waals surface area contributed by atoms with Gasteiger partial charge in [-0.15, -0.1) is 0 Å². The summed E-state index contributed by atoms with van der Waals surface area (Å²) in [7, 11) is -7.75. The number of hydrogen-bond donors (Lipinski definition) is 3. The van der Waals surface area contributed by atoms with Crippen molar-refractivity contribution in [3.63, 3.8) is 0 Å². The summed E-state index contributed by atoms with van der Waals surface area (Å²) < 4.78 is 96.0. The van der Waals surface area contributed by atoms with Crippen molar-refractivity contribution in [3.8, 4) is 29.1 Å². The van der Waals surface area contributed by atoms with Gasteiger partial charge in [-0.1, -0.05) is 78.3 Å². The van der Waals surface area contributed by atoms with E-state index < -0.39 is 49.8 Å². The number of benzene rings is 3. The van der Waals surface area contributed by atoms with Gasteiger partial charge in [0, 0.05) is 44.7 Å². The van der Waals surface area contributed by atoms with Crippen LogP contribution in [0.4, 0.5) is 4.79 Å². The van der Waals surface area contributed by atoms with Gasteiger partial charge in [-0.05, 0) is 91.6 Å². The third kappa shape index (κ3) is 15.4. The van der Waals surface area contributed by atoms with Crippen molar-refractivity contribution in [3.05, 3.63) is 72.3 Å². The van der Waals surface area contributed by atoms with E-state index in [1.807, 2.05) is 58.0 Å². The molecule has 392 valence electrons. The Kier molecular flexibility index (Phi) is 19.4. The molecule has 4 N–H and O–H groups in total. The number of nitriles is 1. The maximum absolute atomic E-state index is 14.1. The number of carbonyl (C=O) groups excluding carboxylic acids is 1. The van der Waals surface area contributed by atoms with Crippen molar-refractivity contribution in [1.82, 2.24) is 13.9 Å². The number of nitrogens with two attached hydrogens (primary N) is 1. The summed E-state index contributed by atoms with van der Waals surface area (Å²) in [5.41, 5.74) is 5.79. The highest BCUT2D eigenvalue weighted by Crippen LogP contribution is 2.38. The fourth-order valence-corrected chi connectivity index (χ4v) is 12.6. The van der Waals surface area contributed by atoms with Gasteiger partial charge in [-0.3, -0.25) is 0 Å². The van der Waals surface area contributed by atoms with Gasteiger partial charge in [0.2, 0.25) is 33.6 Å². The number of rotatable bonds is 24. The molecule has 5 atom stereocenters. The highest BCUT2D eigenvalue weighted by Gasteiger charge is 2.44. The first-order valence-corrected chi connectivity index (χ1v) is 27.4. The largest absolute Gasteiger partial charge is 0.454 e. The highest BCUT2D eigenvalue weighted by molar-refractivity contribution is 7.89. The Labute approximate surface area is 420 Å². The molecule has 71 heavy (non-hydrogen) atoms. The molecule has 3 aromatic rings. The number of sulfonamides is 2. The van der Waals surface area contributed by atoms with Crippen molar-refractivity contribution in [2.24, 2.45) is 28.4 Å². The number of nitrogens with one attached hydrogen (secondary N) is 1. The van der Waals surface area contributed by atoms with Crippen LogP contribution in [-0.2, 0) is 40.7 Å². The summed E-state index contributed by atoms with van der Waals surface area (Å²) in [6.45, 7) is 14.4. The van der Waals surface area contributed by atoms with Crippen LogP contribution in [0.15, 0.2) is 76.5 Å².